The minimum atomic E-state index is -0.272. The first-order chi connectivity index (χ1) is 15.1. The smallest absolute Gasteiger partial charge is 0.234 e. The van der Waals surface area contributed by atoms with E-state index in [0.29, 0.717) is 0 Å². The minimum Gasteiger partial charge on any atom is -0.497 e. The summed E-state index contributed by atoms with van der Waals surface area (Å²) in [6, 6.07) is 19.1. The normalized spacial score (nSPS) is 11.2. The number of methoxy groups -OCH3 is 1. The molecule has 0 saturated carbocycles. The highest BCUT2D eigenvalue weighted by Crippen LogP contribution is 2.32. The monoisotopic (exact) mass is 451 g/mol. The molecular formula is C23H18FN3O2S2. The van der Waals surface area contributed by atoms with Crippen molar-refractivity contribution in [2.45, 2.75) is 4.34 Å². The van der Waals surface area contributed by atoms with Crippen molar-refractivity contribution in [3.8, 4) is 5.75 Å². The second-order valence-electron chi connectivity index (χ2n) is 6.51. The van der Waals surface area contributed by atoms with Crippen molar-refractivity contribution in [1.29, 1.82) is 0 Å². The van der Waals surface area contributed by atoms with Crippen molar-refractivity contribution in [2.24, 2.45) is 4.99 Å². The Morgan fingerprint density at radius 1 is 1.16 bits per heavy atom. The predicted octanol–water partition coefficient (Wildman–Crippen LogP) is 5.93. The summed E-state index contributed by atoms with van der Waals surface area (Å²) in [4.78, 5) is 21.2. The van der Waals surface area contributed by atoms with E-state index in [1.54, 1.807) is 49.7 Å². The third-order valence-electron chi connectivity index (χ3n) is 4.29. The van der Waals surface area contributed by atoms with Gasteiger partial charge in [-0.15, -0.1) is 11.3 Å². The molecule has 4 aromatic rings. The van der Waals surface area contributed by atoms with E-state index in [4.69, 9.17) is 4.74 Å². The van der Waals surface area contributed by atoms with E-state index in [9.17, 15) is 9.18 Å². The van der Waals surface area contributed by atoms with Gasteiger partial charge in [-0.2, -0.15) is 0 Å². The molecule has 0 radical (unpaired) electrons. The number of nitrogens with one attached hydrogen (secondary N) is 1. The number of amides is 1. The SMILES string of the molecule is COc1ccc(NC(=O)CSc2nc3ccc(N=Cc4ccc(F)cc4)cc3s2)cc1. The van der Waals surface area contributed by atoms with Crippen LogP contribution in [-0.4, -0.2) is 30.0 Å². The van der Waals surface area contributed by atoms with E-state index >= 15 is 0 Å². The number of ether oxygens (including phenoxy) is 1. The summed E-state index contributed by atoms with van der Waals surface area (Å²) in [5.74, 6) is 0.634. The number of carbonyl (C=O) groups excluding carboxylic acids is 1. The second kappa shape index (κ2) is 9.72. The lowest BCUT2D eigenvalue weighted by Gasteiger charge is -2.05. The molecule has 0 spiro atoms. The molecule has 4 rings (SSSR count). The van der Waals surface area contributed by atoms with E-state index in [-0.39, 0.29) is 17.5 Å². The van der Waals surface area contributed by atoms with Crippen molar-refractivity contribution in [3.05, 3.63) is 78.1 Å². The van der Waals surface area contributed by atoms with Crippen LogP contribution in [0.2, 0.25) is 0 Å². The number of rotatable bonds is 7. The van der Waals surface area contributed by atoms with Gasteiger partial charge < -0.3 is 10.1 Å². The fourth-order valence-electron chi connectivity index (χ4n) is 2.73. The zero-order valence-corrected chi connectivity index (χ0v) is 18.2. The van der Waals surface area contributed by atoms with Gasteiger partial charge in [0.1, 0.15) is 11.6 Å². The third kappa shape index (κ3) is 5.68. The predicted molar refractivity (Wildman–Crippen MR) is 126 cm³/mol. The van der Waals surface area contributed by atoms with Crippen molar-refractivity contribution in [1.82, 2.24) is 4.98 Å². The van der Waals surface area contributed by atoms with Crippen LogP contribution < -0.4 is 10.1 Å². The molecule has 0 aliphatic rings. The Morgan fingerprint density at radius 2 is 1.94 bits per heavy atom. The zero-order valence-electron chi connectivity index (χ0n) is 16.5. The number of thioether (sulfide) groups is 1. The molecule has 0 aliphatic carbocycles. The summed E-state index contributed by atoms with van der Waals surface area (Å²) in [5.41, 5.74) is 3.20. The Hall–Kier alpha value is -3.23. The molecule has 0 atom stereocenters. The summed E-state index contributed by atoms with van der Waals surface area (Å²) < 4.78 is 19.9. The average molecular weight is 452 g/mol. The third-order valence-corrected chi connectivity index (χ3v) is 6.45. The molecule has 0 bridgehead atoms. The largest absolute Gasteiger partial charge is 0.497 e. The Labute approximate surface area is 187 Å². The number of benzene rings is 3. The van der Waals surface area contributed by atoms with Gasteiger partial charge in [0.2, 0.25) is 5.91 Å². The van der Waals surface area contributed by atoms with Gasteiger partial charge in [-0.25, -0.2) is 9.37 Å². The highest BCUT2D eigenvalue weighted by molar-refractivity contribution is 8.01. The van der Waals surface area contributed by atoms with Crippen molar-refractivity contribution in [3.63, 3.8) is 0 Å². The van der Waals surface area contributed by atoms with Gasteiger partial charge >= 0.3 is 0 Å². The first kappa shape index (κ1) is 21.0. The number of hydrogen-bond acceptors (Lipinski definition) is 6. The standard InChI is InChI=1S/C23H18FN3O2S2/c1-29-19-9-6-17(7-10-19)26-22(28)14-30-23-27-20-11-8-18(12-21(20)31-23)25-13-15-2-4-16(24)5-3-15/h2-13H,14H2,1H3,(H,26,28). The van der Waals surface area contributed by atoms with Gasteiger partial charge in [-0.05, 0) is 60.2 Å². The van der Waals surface area contributed by atoms with Crippen LogP contribution in [0.1, 0.15) is 5.56 Å². The average Bonchev–Trinajstić information content (AvgIpc) is 3.20. The number of thiazole rings is 1. The summed E-state index contributed by atoms with van der Waals surface area (Å²) in [7, 11) is 1.60. The van der Waals surface area contributed by atoms with Crippen LogP contribution >= 0.6 is 23.1 Å². The lowest BCUT2D eigenvalue weighted by Crippen LogP contribution is -2.13. The van der Waals surface area contributed by atoms with Crippen LogP contribution in [0.4, 0.5) is 15.8 Å². The van der Waals surface area contributed by atoms with E-state index < -0.39 is 0 Å². The zero-order chi connectivity index (χ0) is 21.6. The summed E-state index contributed by atoms with van der Waals surface area (Å²) in [6.07, 6.45) is 1.70. The Kier molecular flexibility index (Phi) is 6.59. The number of nitrogens with zero attached hydrogens (tertiary/aromatic N) is 2. The fraction of sp³-hybridized carbons (Fsp3) is 0.0870. The molecule has 0 aliphatic heterocycles. The molecular weight excluding hydrogens is 433 g/mol. The number of fused-ring (bicyclic) bond motifs is 1. The minimum absolute atomic E-state index is 0.0981. The van der Waals surface area contributed by atoms with Crippen LogP contribution in [0, 0.1) is 5.82 Å². The number of aliphatic imine (C=N–C) groups is 1. The molecule has 1 amide bonds. The van der Waals surface area contributed by atoms with Crippen LogP contribution in [0.3, 0.4) is 0 Å². The maximum Gasteiger partial charge on any atom is 0.234 e. The van der Waals surface area contributed by atoms with Gasteiger partial charge in [0.25, 0.3) is 0 Å². The van der Waals surface area contributed by atoms with Crippen molar-refractivity contribution >= 4 is 56.8 Å². The van der Waals surface area contributed by atoms with Gasteiger partial charge in [-0.3, -0.25) is 9.79 Å². The van der Waals surface area contributed by atoms with Gasteiger partial charge in [0, 0.05) is 11.9 Å². The summed E-state index contributed by atoms with van der Waals surface area (Å²) >= 11 is 2.92. The highest BCUT2D eigenvalue weighted by Gasteiger charge is 2.09. The topological polar surface area (TPSA) is 63.6 Å². The highest BCUT2D eigenvalue weighted by atomic mass is 32.2. The second-order valence-corrected chi connectivity index (χ2v) is 8.76. The molecule has 1 aromatic heterocycles. The molecule has 0 saturated heterocycles. The van der Waals surface area contributed by atoms with Gasteiger partial charge in [0.05, 0.1) is 28.8 Å². The Balaban J connectivity index is 1.37. The van der Waals surface area contributed by atoms with Crippen molar-refractivity contribution < 1.29 is 13.9 Å². The van der Waals surface area contributed by atoms with Gasteiger partial charge in [-0.1, -0.05) is 23.9 Å². The number of hydrogen-bond donors (Lipinski definition) is 1. The molecule has 1 N–H and O–H groups in total. The maximum absolute atomic E-state index is 13.0. The maximum atomic E-state index is 13.0. The molecule has 8 heteroatoms. The summed E-state index contributed by atoms with van der Waals surface area (Å²) in [6.45, 7) is 0. The number of anilines is 1. The molecule has 31 heavy (non-hydrogen) atoms. The quantitative estimate of drug-likeness (QED) is 0.280. The molecule has 3 aromatic carbocycles. The van der Waals surface area contributed by atoms with E-state index in [0.717, 1.165) is 37.2 Å². The number of aromatic nitrogens is 1. The molecule has 0 fully saturated rings. The van der Waals surface area contributed by atoms with Crippen LogP contribution in [0.5, 0.6) is 5.75 Å². The number of halogens is 1. The molecule has 156 valence electrons. The van der Waals surface area contributed by atoms with Gasteiger partial charge in [0.15, 0.2) is 4.34 Å². The van der Waals surface area contributed by atoms with Crippen LogP contribution in [-0.2, 0) is 4.79 Å². The van der Waals surface area contributed by atoms with E-state index in [1.807, 2.05) is 18.2 Å². The fourth-order valence-corrected chi connectivity index (χ4v) is 4.63. The first-order valence-corrected chi connectivity index (χ1v) is 11.2. The van der Waals surface area contributed by atoms with Crippen LogP contribution in [0.15, 0.2) is 76.1 Å². The first-order valence-electron chi connectivity index (χ1n) is 9.36. The Morgan fingerprint density at radius 3 is 2.68 bits per heavy atom. The molecule has 5 nitrogen and oxygen atoms in total. The lowest BCUT2D eigenvalue weighted by atomic mass is 10.2. The lowest BCUT2D eigenvalue weighted by molar-refractivity contribution is -0.113. The molecule has 1 heterocycles. The van der Waals surface area contributed by atoms with Crippen LogP contribution in [0.25, 0.3) is 10.2 Å². The summed E-state index contributed by atoms with van der Waals surface area (Å²) in [5, 5.41) is 2.86. The van der Waals surface area contributed by atoms with E-state index in [2.05, 4.69) is 15.3 Å². The van der Waals surface area contributed by atoms with E-state index in [1.165, 1.54) is 35.2 Å². The molecule has 0 unspecified atom stereocenters. The number of carbonyl (C=O) groups is 1. The Bertz CT molecular complexity index is 1220. The van der Waals surface area contributed by atoms with Crippen molar-refractivity contribution in [2.75, 3.05) is 18.2 Å².